The van der Waals surface area contributed by atoms with Crippen molar-refractivity contribution in [2.45, 2.75) is 42.9 Å². The van der Waals surface area contributed by atoms with Gasteiger partial charge in [-0.15, -0.1) is 0 Å². The molecule has 0 aliphatic carbocycles. The van der Waals surface area contributed by atoms with E-state index in [0.717, 1.165) is 27.5 Å². The number of alkyl halides is 1. The van der Waals surface area contributed by atoms with E-state index < -0.39 is 17.5 Å². The highest BCUT2D eigenvalue weighted by Gasteiger charge is 2.38. The molecular weight excluding hydrogens is 705 g/mol. The number of amides is 2. The van der Waals surface area contributed by atoms with Crippen LogP contribution in [0.3, 0.4) is 0 Å². The van der Waals surface area contributed by atoms with Gasteiger partial charge >= 0.3 is 6.09 Å². The number of aromatic nitrogens is 1. The highest BCUT2D eigenvalue weighted by atomic mass is 127. The number of fused-ring (bicyclic) bond motifs is 2. The number of nitrogens with zero attached hydrogens (tertiary/aromatic N) is 1. The first kappa shape index (κ1) is 32.1. The molecule has 0 aliphatic heterocycles. The molecule has 0 saturated heterocycles. The zero-order valence-electron chi connectivity index (χ0n) is 26.0. The molecule has 2 N–H and O–H groups in total. The Morgan fingerprint density at radius 2 is 1.60 bits per heavy atom. The van der Waals surface area contributed by atoms with E-state index in [4.69, 9.17) is 9.15 Å². The number of benzene rings is 4. The lowest BCUT2D eigenvalue weighted by atomic mass is 9.91. The predicted molar refractivity (Wildman–Crippen MR) is 190 cm³/mol. The zero-order chi connectivity index (χ0) is 33.0. The highest BCUT2D eigenvalue weighted by Crippen LogP contribution is 2.28. The minimum atomic E-state index is -1.45. The summed E-state index contributed by atoms with van der Waals surface area (Å²) in [4.78, 5) is 41.3. The van der Waals surface area contributed by atoms with Crippen molar-refractivity contribution >= 4 is 62.4 Å². The van der Waals surface area contributed by atoms with Crippen molar-refractivity contribution in [3.63, 3.8) is 0 Å². The summed E-state index contributed by atoms with van der Waals surface area (Å²) in [6.45, 7) is 3.45. The van der Waals surface area contributed by atoms with E-state index in [9.17, 15) is 14.4 Å². The van der Waals surface area contributed by atoms with E-state index in [0.29, 0.717) is 26.9 Å². The number of furan rings is 1. The molecule has 9 heteroatoms. The predicted octanol–water partition coefficient (Wildman–Crippen LogP) is 8.12. The van der Waals surface area contributed by atoms with Crippen molar-refractivity contribution in [1.29, 1.82) is 0 Å². The smallest absolute Gasteiger partial charge is 0.408 e. The first-order valence-electron chi connectivity index (χ1n) is 15.3. The molecule has 0 bridgehead atoms. The summed E-state index contributed by atoms with van der Waals surface area (Å²) in [5, 5.41) is 7.62. The molecule has 0 spiro atoms. The number of hydrogen-bond acceptors (Lipinski definition) is 5. The first-order valence-corrected chi connectivity index (χ1v) is 16.8. The number of alkyl carbamates (subject to hydrolysis) is 1. The van der Waals surface area contributed by atoms with Crippen LogP contribution in [-0.4, -0.2) is 28.0 Å². The summed E-state index contributed by atoms with van der Waals surface area (Å²) in [6.07, 6.45) is 1.09. The van der Waals surface area contributed by atoms with Crippen LogP contribution in [0.5, 0.6) is 0 Å². The topological polar surface area (TPSA) is 103 Å². The summed E-state index contributed by atoms with van der Waals surface area (Å²) in [6, 6.07) is 33.7. The van der Waals surface area contributed by atoms with Gasteiger partial charge in [-0.2, -0.15) is 0 Å². The molecular formula is C38H34IN3O5. The molecule has 2 amide bonds. The van der Waals surface area contributed by atoms with E-state index >= 15 is 0 Å². The molecule has 2 heterocycles. The number of hydrogen-bond donors (Lipinski definition) is 2. The van der Waals surface area contributed by atoms with Gasteiger partial charge in [0.15, 0.2) is 6.61 Å². The summed E-state index contributed by atoms with van der Waals surface area (Å²) in [5.74, 6) is -0.0756. The second kappa shape index (κ2) is 13.8. The molecule has 0 unspecified atom stereocenters. The van der Waals surface area contributed by atoms with E-state index in [2.05, 4.69) is 33.2 Å². The van der Waals surface area contributed by atoms with E-state index in [1.807, 2.05) is 116 Å². The lowest BCUT2D eigenvalue weighted by Crippen LogP contribution is -2.58. The molecule has 0 fully saturated rings. The lowest BCUT2D eigenvalue weighted by molar-refractivity contribution is -0.127. The Hall–Kier alpha value is -4.90. The minimum Gasteiger partial charge on any atom is -0.457 e. The van der Waals surface area contributed by atoms with Gasteiger partial charge in [-0.1, -0.05) is 108 Å². The van der Waals surface area contributed by atoms with Gasteiger partial charge in [-0.05, 0) is 54.8 Å². The fourth-order valence-electron chi connectivity index (χ4n) is 5.78. The van der Waals surface area contributed by atoms with Crippen molar-refractivity contribution in [1.82, 2.24) is 15.2 Å². The number of carbonyl (C=O) groups is 3. The molecule has 47 heavy (non-hydrogen) atoms. The van der Waals surface area contributed by atoms with Crippen molar-refractivity contribution in [3.8, 4) is 0 Å². The second-order valence-corrected chi connectivity index (χ2v) is 12.5. The van der Waals surface area contributed by atoms with Gasteiger partial charge < -0.3 is 19.8 Å². The van der Waals surface area contributed by atoms with E-state index in [1.165, 1.54) is 0 Å². The number of halogens is 1. The Labute approximate surface area is 286 Å². The molecule has 8 nitrogen and oxygen atoms in total. The van der Waals surface area contributed by atoms with Crippen molar-refractivity contribution in [2.75, 3.05) is 0 Å². The zero-order valence-corrected chi connectivity index (χ0v) is 28.2. The van der Waals surface area contributed by atoms with E-state index in [1.54, 1.807) is 17.7 Å². The largest absolute Gasteiger partial charge is 0.457 e. The van der Waals surface area contributed by atoms with Gasteiger partial charge in [-0.25, -0.2) is 4.79 Å². The van der Waals surface area contributed by atoms with Crippen LogP contribution in [0.1, 0.15) is 52.7 Å². The third-order valence-electron chi connectivity index (χ3n) is 8.30. The Bertz CT molecular complexity index is 2040. The van der Waals surface area contributed by atoms with Crippen LogP contribution in [0.2, 0.25) is 0 Å². The first-order chi connectivity index (χ1) is 22.8. The molecule has 4 aromatic carbocycles. The summed E-state index contributed by atoms with van der Waals surface area (Å²) in [5.41, 5.74) is 3.15. The van der Waals surface area contributed by atoms with Crippen LogP contribution in [0.15, 0.2) is 120 Å². The van der Waals surface area contributed by atoms with Crippen molar-refractivity contribution in [3.05, 3.63) is 143 Å². The van der Waals surface area contributed by atoms with Gasteiger partial charge in [0.05, 0.1) is 11.6 Å². The fraction of sp³-hybridized carbons (Fsp3) is 0.184. The van der Waals surface area contributed by atoms with Crippen molar-refractivity contribution < 1.29 is 23.5 Å². The Balaban J connectivity index is 1.30. The summed E-state index contributed by atoms with van der Waals surface area (Å²) >= 11 is 2.25. The van der Waals surface area contributed by atoms with Gasteiger partial charge in [0.1, 0.15) is 16.9 Å². The molecule has 6 rings (SSSR count). The van der Waals surface area contributed by atoms with Gasteiger partial charge in [0.25, 0.3) is 5.91 Å². The maximum atomic E-state index is 14.1. The van der Waals surface area contributed by atoms with Gasteiger partial charge in [0, 0.05) is 33.4 Å². The molecule has 0 radical (unpaired) electrons. The summed E-state index contributed by atoms with van der Waals surface area (Å²) < 4.78 is 13.7. The van der Waals surface area contributed by atoms with Crippen LogP contribution >= 0.6 is 22.6 Å². The third-order valence-corrected chi connectivity index (χ3v) is 9.12. The Morgan fingerprint density at radius 1 is 0.894 bits per heavy atom. The van der Waals surface area contributed by atoms with Crippen LogP contribution in [0.25, 0.3) is 21.9 Å². The SMILES string of the molecule is C[C@H](NC(=O)[C@@](C)(Cc1cn(C(=O)c2ccccc2CI)c2ccccc12)NC(=O)OCc1cc2ccccc2o1)c1ccccc1. The number of ether oxygens (including phenoxy) is 1. The van der Waals surface area contributed by atoms with Crippen LogP contribution in [0.4, 0.5) is 4.79 Å². The maximum absolute atomic E-state index is 14.1. The number of carbonyl (C=O) groups excluding carboxylic acids is 3. The number of para-hydroxylation sites is 2. The van der Waals surface area contributed by atoms with Crippen molar-refractivity contribution in [2.24, 2.45) is 0 Å². The van der Waals surface area contributed by atoms with Crippen LogP contribution in [-0.2, 0) is 27.0 Å². The van der Waals surface area contributed by atoms with E-state index in [-0.39, 0.29) is 25.0 Å². The van der Waals surface area contributed by atoms with Gasteiger partial charge in [-0.3, -0.25) is 14.2 Å². The monoisotopic (exact) mass is 739 g/mol. The average Bonchev–Trinajstić information content (AvgIpc) is 3.68. The quantitative estimate of drug-likeness (QED) is 0.109. The normalized spacial score (nSPS) is 13.2. The van der Waals surface area contributed by atoms with Crippen LogP contribution in [0, 0.1) is 0 Å². The molecule has 238 valence electrons. The summed E-state index contributed by atoms with van der Waals surface area (Å²) in [7, 11) is 0. The molecule has 2 atom stereocenters. The highest BCUT2D eigenvalue weighted by molar-refractivity contribution is 14.1. The number of rotatable bonds is 10. The lowest BCUT2D eigenvalue weighted by Gasteiger charge is -2.30. The number of nitrogens with one attached hydrogen (secondary N) is 2. The molecule has 6 aromatic rings. The second-order valence-electron chi connectivity index (χ2n) is 11.7. The molecule has 0 saturated carbocycles. The molecule has 0 aliphatic rings. The van der Waals surface area contributed by atoms with Crippen LogP contribution < -0.4 is 10.6 Å². The fourth-order valence-corrected chi connectivity index (χ4v) is 6.45. The minimum absolute atomic E-state index is 0.0921. The maximum Gasteiger partial charge on any atom is 0.408 e. The Kier molecular flexibility index (Phi) is 9.44. The average molecular weight is 740 g/mol. The van der Waals surface area contributed by atoms with Gasteiger partial charge in [0.2, 0.25) is 5.91 Å². The molecule has 2 aromatic heterocycles. The third kappa shape index (κ3) is 6.95. The standard InChI is InChI=1S/C38H34IN3O5/c1-25(26-12-4-3-5-13-26)40-36(44)38(2,41-37(45)46-24-30-20-27-14-7-11-19-34(27)47-30)21-29-23-42(33-18-10-9-16-31(29)33)35(43)32-17-8-6-15-28(32)22-39/h3-20,23,25H,21-22,24H2,1-2H3,(H,40,44)(H,41,45)/t25-,38+/m0/s1. The Morgan fingerprint density at radius 3 is 2.38 bits per heavy atom.